The first kappa shape index (κ1) is 15.6. The van der Waals surface area contributed by atoms with Crippen LogP contribution < -0.4 is 5.32 Å². The van der Waals surface area contributed by atoms with E-state index in [0.29, 0.717) is 6.04 Å². The smallest absolute Gasteiger partial charge is 0.203 e. The van der Waals surface area contributed by atoms with Crippen LogP contribution in [0.25, 0.3) is 0 Å². The van der Waals surface area contributed by atoms with Crippen molar-refractivity contribution in [2.24, 2.45) is 0 Å². The highest BCUT2D eigenvalue weighted by Crippen LogP contribution is 2.20. The molecule has 0 aliphatic heterocycles. The van der Waals surface area contributed by atoms with Gasteiger partial charge in [-0.25, -0.2) is 4.98 Å². The number of nitrogens with one attached hydrogen (secondary N) is 1. The minimum Gasteiger partial charge on any atom is -0.356 e. The number of nitrogens with zero attached hydrogens (tertiary/aromatic N) is 2. The van der Waals surface area contributed by atoms with Crippen molar-refractivity contribution in [3.63, 3.8) is 0 Å². The molecular formula is C18H27N3. The van der Waals surface area contributed by atoms with Crippen LogP contribution in [0.5, 0.6) is 0 Å². The lowest BCUT2D eigenvalue weighted by Gasteiger charge is -2.17. The van der Waals surface area contributed by atoms with E-state index in [1.54, 1.807) is 0 Å². The summed E-state index contributed by atoms with van der Waals surface area (Å²) in [5.41, 5.74) is 2.49. The predicted octanol–water partition coefficient (Wildman–Crippen LogP) is 4.60. The summed E-state index contributed by atoms with van der Waals surface area (Å²) in [4.78, 5) is 4.61. The molecule has 0 saturated carbocycles. The first-order valence-electron chi connectivity index (χ1n) is 8.04. The summed E-state index contributed by atoms with van der Waals surface area (Å²) in [6.45, 7) is 7.54. The lowest BCUT2D eigenvalue weighted by atomic mass is 10.1. The SMILES string of the molecule is CCCCNc1nc(C)cn1C(C)CCc1ccccc1. The van der Waals surface area contributed by atoms with E-state index in [0.717, 1.165) is 31.0 Å². The number of rotatable bonds is 8. The molecule has 0 aliphatic carbocycles. The highest BCUT2D eigenvalue weighted by atomic mass is 15.2. The molecule has 0 bridgehead atoms. The molecule has 2 aromatic rings. The summed E-state index contributed by atoms with van der Waals surface area (Å²) in [5, 5.41) is 3.47. The molecule has 1 atom stereocenters. The summed E-state index contributed by atoms with van der Waals surface area (Å²) >= 11 is 0. The van der Waals surface area contributed by atoms with Crippen molar-refractivity contribution in [3.8, 4) is 0 Å². The lowest BCUT2D eigenvalue weighted by molar-refractivity contribution is 0.510. The molecule has 0 fully saturated rings. The van der Waals surface area contributed by atoms with E-state index in [9.17, 15) is 0 Å². The maximum Gasteiger partial charge on any atom is 0.203 e. The maximum atomic E-state index is 4.61. The van der Waals surface area contributed by atoms with E-state index < -0.39 is 0 Å². The van der Waals surface area contributed by atoms with Crippen LogP contribution in [0.4, 0.5) is 5.95 Å². The van der Waals surface area contributed by atoms with Crippen LogP contribution in [0, 0.1) is 6.92 Å². The Kier molecular flexibility index (Phi) is 5.85. The van der Waals surface area contributed by atoms with Gasteiger partial charge in [0.15, 0.2) is 0 Å². The number of anilines is 1. The zero-order valence-electron chi connectivity index (χ0n) is 13.5. The maximum absolute atomic E-state index is 4.61. The Balaban J connectivity index is 1.96. The normalized spacial score (nSPS) is 12.3. The number of hydrogen-bond acceptors (Lipinski definition) is 2. The molecule has 3 nitrogen and oxygen atoms in total. The van der Waals surface area contributed by atoms with E-state index in [2.05, 4.69) is 72.2 Å². The second-order valence-electron chi connectivity index (χ2n) is 5.77. The molecule has 1 heterocycles. The molecule has 1 aromatic carbocycles. The first-order valence-corrected chi connectivity index (χ1v) is 8.04. The molecule has 3 heteroatoms. The lowest BCUT2D eigenvalue weighted by Crippen LogP contribution is -2.12. The Bertz CT molecular complexity index is 531. The summed E-state index contributed by atoms with van der Waals surface area (Å²) in [7, 11) is 0. The molecule has 2 rings (SSSR count). The Morgan fingerprint density at radius 1 is 1.24 bits per heavy atom. The van der Waals surface area contributed by atoms with Gasteiger partial charge in [-0.15, -0.1) is 0 Å². The van der Waals surface area contributed by atoms with Crippen LogP contribution in [-0.4, -0.2) is 16.1 Å². The first-order chi connectivity index (χ1) is 10.2. The van der Waals surface area contributed by atoms with E-state index in [-0.39, 0.29) is 0 Å². The number of aryl methyl sites for hydroxylation is 2. The van der Waals surface area contributed by atoms with E-state index in [1.807, 2.05) is 0 Å². The van der Waals surface area contributed by atoms with Gasteiger partial charge in [-0.2, -0.15) is 0 Å². The zero-order chi connectivity index (χ0) is 15.1. The number of aromatic nitrogens is 2. The van der Waals surface area contributed by atoms with Gasteiger partial charge in [-0.3, -0.25) is 0 Å². The summed E-state index contributed by atoms with van der Waals surface area (Å²) < 4.78 is 2.29. The molecule has 0 spiro atoms. The zero-order valence-corrected chi connectivity index (χ0v) is 13.5. The van der Waals surface area contributed by atoms with E-state index in [4.69, 9.17) is 0 Å². The Labute approximate surface area is 128 Å². The highest BCUT2D eigenvalue weighted by Gasteiger charge is 2.11. The van der Waals surface area contributed by atoms with Gasteiger partial charge >= 0.3 is 0 Å². The molecule has 0 aliphatic rings. The largest absolute Gasteiger partial charge is 0.356 e. The van der Waals surface area contributed by atoms with Crippen LogP contribution in [0.2, 0.25) is 0 Å². The van der Waals surface area contributed by atoms with Gasteiger partial charge < -0.3 is 9.88 Å². The Morgan fingerprint density at radius 3 is 2.71 bits per heavy atom. The second kappa shape index (κ2) is 7.87. The molecule has 1 N–H and O–H groups in total. The molecule has 1 aromatic heterocycles. The van der Waals surface area contributed by atoms with Gasteiger partial charge in [0.2, 0.25) is 5.95 Å². The van der Waals surface area contributed by atoms with E-state index in [1.165, 1.54) is 18.4 Å². The van der Waals surface area contributed by atoms with E-state index >= 15 is 0 Å². The monoisotopic (exact) mass is 285 g/mol. The fourth-order valence-corrected chi connectivity index (χ4v) is 2.52. The number of unbranched alkanes of at least 4 members (excludes halogenated alkanes) is 1. The van der Waals surface area contributed by atoms with Crippen LogP contribution >= 0.6 is 0 Å². The van der Waals surface area contributed by atoms with Crippen LogP contribution in [0.15, 0.2) is 36.5 Å². The van der Waals surface area contributed by atoms with Crippen molar-refractivity contribution in [2.45, 2.75) is 52.5 Å². The predicted molar refractivity (Wildman–Crippen MR) is 89.8 cm³/mol. The third-order valence-electron chi connectivity index (χ3n) is 3.83. The Hall–Kier alpha value is -1.77. The number of hydrogen-bond donors (Lipinski definition) is 1. The minimum atomic E-state index is 0.454. The van der Waals surface area contributed by atoms with Crippen LogP contribution in [0.1, 0.15) is 50.4 Å². The number of imidazole rings is 1. The molecular weight excluding hydrogens is 258 g/mol. The molecule has 21 heavy (non-hydrogen) atoms. The third kappa shape index (κ3) is 4.62. The summed E-state index contributed by atoms with van der Waals surface area (Å²) in [6, 6.07) is 11.1. The van der Waals surface area contributed by atoms with Gasteiger partial charge in [-0.1, -0.05) is 43.7 Å². The van der Waals surface area contributed by atoms with Gasteiger partial charge in [0.25, 0.3) is 0 Å². The second-order valence-corrected chi connectivity index (χ2v) is 5.77. The Morgan fingerprint density at radius 2 is 2.00 bits per heavy atom. The van der Waals surface area contributed by atoms with Gasteiger partial charge in [0, 0.05) is 18.8 Å². The highest BCUT2D eigenvalue weighted by molar-refractivity contribution is 5.29. The van der Waals surface area contributed by atoms with Gasteiger partial charge in [0.1, 0.15) is 0 Å². The standard InChI is InChI=1S/C18H27N3/c1-4-5-13-19-18-20-15(2)14-21(18)16(3)11-12-17-9-7-6-8-10-17/h6-10,14,16H,4-5,11-13H2,1-3H3,(H,19,20). The fourth-order valence-electron chi connectivity index (χ4n) is 2.52. The van der Waals surface area contributed by atoms with Crippen molar-refractivity contribution >= 4 is 5.95 Å². The topological polar surface area (TPSA) is 29.9 Å². The van der Waals surface area contributed by atoms with Crippen LogP contribution in [0.3, 0.4) is 0 Å². The van der Waals surface area contributed by atoms with Gasteiger partial charge in [-0.05, 0) is 38.7 Å². The van der Waals surface area contributed by atoms with Crippen molar-refractivity contribution < 1.29 is 0 Å². The third-order valence-corrected chi connectivity index (χ3v) is 3.83. The van der Waals surface area contributed by atoms with Gasteiger partial charge in [0.05, 0.1) is 5.69 Å². The average Bonchev–Trinajstić information content (AvgIpc) is 2.87. The van der Waals surface area contributed by atoms with Crippen LogP contribution in [-0.2, 0) is 6.42 Å². The molecule has 1 unspecified atom stereocenters. The molecule has 0 amide bonds. The fraction of sp³-hybridized carbons (Fsp3) is 0.500. The minimum absolute atomic E-state index is 0.454. The quantitative estimate of drug-likeness (QED) is 0.718. The summed E-state index contributed by atoms with van der Waals surface area (Å²) in [5.74, 6) is 1.02. The number of benzene rings is 1. The van der Waals surface area contributed by atoms with Crippen molar-refractivity contribution in [3.05, 3.63) is 47.8 Å². The summed E-state index contributed by atoms with van der Waals surface area (Å²) in [6.07, 6.45) is 6.78. The van der Waals surface area contributed by atoms with Crippen molar-refractivity contribution in [1.29, 1.82) is 0 Å². The van der Waals surface area contributed by atoms with Crippen molar-refractivity contribution in [1.82, 2.24) is 9.55 Å². The molecule has 114 valence electrons. The average molecular weight is 285 g/mol. The van der Waals surface area contributed by atoms with Crippen molar-refractivity contribution in [2.75, 3.05) is 11.9 Å². The molecule has 0 radical (unpaired) electrons. The molecule has 0 saturated heterocycles.